The van der Waals surface area contributed by atoms with Crippen molar-refractivity contribution in [3.05, 3.63) is 11.9 Å². The lowest BCUT2D eigenvalue weighted by Gasteiger charge is -2.15. The average Bonchev–Trinajstić information content (AvgIpc) is 2.34. The molecule has 0 aromatic carbocycles. The van der Waals surface area contributed by atoms with Crippen LogP contribution in [0.25, 0.3) is 0 Å². The van der Waals surface area contributed by atoms with E-state index in [2.05, 4.69) is 9.55 Å². The first kappa shape index (κ1) is 5.77. The lowest BCUT2D eigenvalue weighted by molar-refractivity contribution is 0.229. The van der Waals surface area contributed by atoms with Crippen molar-refractivity contribution in [2.45, 2.75) is 19.9 Å². The Morgan fingerprint density at radius 3 is 3.40 bits per heavy atom. The van der Waals surface area contributed by atoms with Crippen LogP contribution in [0.3, 0.4) is 0 Å². The molecule has 3 nitrogen and oxygen atoms in total. The minimum absolute atomic E-state index is 0.781. The molecule has 0 atom stereocenters. The largest absolute Gasteiger partial charge is 0.465 e. The van der Waals surface area contributed by atoms with E-state index >= 15 is 0 Å². The molecule has 1 aliphatic heterocycles. The molecule has 0 saturated heterocycles. The smallest absolute Gasteiger partial charge is 0.296 e. The molecule has 2 rings (SSSR count). The van der Waals surface area contributed by atoms with Gasteiger partial charge in [0.25, 0.3) is 6.01 Å². The second-order valence-corrected chi connectivity index (χ2v) is 2.54. The van der Waals surface area contributed by atoms with Crippen LogP contribution in [-0.2, 0) is 6.54 Å². The average molecular weight is 138 g/mol. The van der Waals surface area contributed by atoms with Crippen molar-refractivity contribution < 1.29 is 4.74 Å². The number of aryl methyl sites for hydroxylation is 1. The molecule has 0 bridgehead atoms. The van der Waals surface area contributed by atoms with Crippen LogP contribution in [-0.4, -0.2) is 16.2 Å². The fourth-order valence-electron chi connectivity index (χ4n) is 1.21. The van der Waals surface area contributed by atoms with Crippen molar-refractivity contribution in [2.24, 2.45) is 0 Å². The molecule has 2 heterocycles. The molecule has 1 aromatic heterocycles. The summed E-state index contributed by atoms with van der Waals surface area (Å²) in [4.78, 5) is 4.10. The Bertz CT molecular complexity index is 242. The Morgan fingerprint density at radius 1 is 1.70 bits per heavy atom. The second kappa shape index (κ2) is 2.01. The lowest BCUT2D eigenvalue weighted by Crippen LogP contribution is -2.14. The summed E-state index contributed by atoms with van der Waals surface area (Å²) in [7, 11) is 0. The first-order valence-electron chi connectivity index (χ1n) is 3.53. The van der Waals surface area contributed by atoms with Gasteiger partial charge in [0.15, 0.2) is 0 Å². The van der Waals surface area contributed by atoms with Gasteiger partial charge in [0.2, 0.25) is 0 Å². The van der Waals surface area contributed by atoms with E-state index in [4.69, 9.17) is 4.74 Å². The first-order chi connectivity index (χ1) is 4.88. The van der Waals surface area contributed by atoms with Gasteiger partial charge in [-0.3, -0.25) is 4.57 Å². The standard InChI is InChI=1S/C7H10N2O/c1-6-5-8-7-9(6)3-2-4-10-7/h5H,2-4H2,1H3. The molecule has 0 radical (unpaired) electrons. The van der Waals surface area contributed by atoms with Gasteiger partial charge in [-0.05, 0) is 13.3 Å². The summed E-state index contributed by atoms with van der Waals surface area (Å²) in [6.07, 6.45) is 2.95. The Hall–Kier alpha value is -0.990. The van der Waals surface area contributed by atoms with Gasteiger partial charge < -0.3 is 4.74 Å². The van der Waals surface area contributed by atoms with E-state index in [0.29, 0.717) is 0 Å². The molecule has 0 saturated carbocycles. The topological polar surface area (TPSA) is 27.1 Å². The Kier molecular flexibility index (Phi) is 1.16. The second-order valence-electron chi connectivity index (χ2n) is 2.54. The van der Waals surface area contributed by atoms with Crippen LogP contribution in [0, 0.1) is 6.92 Å². The highest BCUT2D eigenvalue weighted by atomic mass is 16.5. The summed E-state index contributed by atoms with van der Waals surface area (Å²) in [6.45, 7) is 3.92. The predicted octanol–water partition coefficient (Wildman–Crippen LogP) is 0.974. The third-order valence-corrected chi connectivity index (χ3v) is 1.78. The van der Waals surface area contributed by atoms with E-state index in [1.807, 2.05) is 13.1 Å². The minimum Gasteiger partial charge on any atom is -0.465 e. The van der Waals surface area contributed by atoms with E-state index < -0.39 is 0 Å². The molecule has 0 N–H and O–H groups in total. The van der Waals surface area contributed by atoms with Crippen molar-refractivity contribution in [3.8, 4) is 6.01 Å². The molecule has 10 heavy (non-hydrogen) atoms. The number of hydrogen-bond donors (Lipinski definition) is 0. The SMILES string of the molecule is Cc1cnc2n1CCCO2. The minimum atomic E-state index is 0.781. The van der Waals surface area contributed by atoms with Gasteiger partial charge >= 0.3 is 0 Å². The van der Waals surface area contributed by atoms with Crippen molar-refractivity contribution in [3.63, 3.8) is 0 Å². The molecule has 0 aliphatic carbocycles. The van der Waals surface area contributed by atoms with Crippen molar-refractivity contribution in [1.29, 1.82) is 0 Å². The third kappa shape index (κ3) is 0.701. The van der Waals surface area contributed by atoms with E-state index in [1.165, 1.54) is 5.69 Å². The normalized spacial score (nSPS) is 16.1. The molecule has 54 valence electrons. The fraction of sp³-hybridized carbons (Fsp3) is 0.571. The van der Waals surface area contributed by atoms with E-state index in [0.717, 1.165) is 25.6 Å². The van der Waals surface area contributed by atoms with Gasteiger partial charge in [0.05, 0.1) is 12.8 Å². The highest BCUT2D eigenvalue weighted by molar-refractivity contribution is 5.08. The van der Waals surface area contributed by atoms with Crippen LogP contribution < -0.4 is 4.74 Å². The van der Waals surface area contributed by atoms with E-state index in [-0.39, 0.29) is 0 Å². The fourth-order valence-corrected chi connectivity index (χ4v) is 1.21. The zero-order chi connectivity index (χ0) is 6.97. The Labute approximate surface area is 59.6 Å². The summed E-state index contributed by atoms with van der Waals surface area (Å²) < 4.78 is 7.40. The van der Waals surface area contributed by atoms with Crippen LogP contribution in [0.1, 0.15) is 12.1 Å². The summed E-state index contributed by atoms with van der Waals surface area (Å²) in [5.74, 6) is 0. The maximum absolute atomic E-state index is 5.30. The number of aromatic nitrogens is 2. The molecular weight excluding hydrogens is 128 g/mol. The van der Waals surface area contributed by atoms with Crippen LogP contribution >= 0.6 is 0 Å². The van der Waals surface area contributed by atoms with Gasteiger partial charge in [-0.1, -0.05) is 0 Å². The maximum atomic E-state index is 5.30. The third-order valence-electron chi connectivity index (χ3n) is 1.78. The predicted molar refractivity (Wildman–Crippen MR) is 37.1 cm³/mol. The zero-order valence-electron chi connectivity index (χ0n) is 6.00. The van der Waals surface area contributed by atoms with Crippen LogP contribution in [0.5, 0.6) is 6.01 Å². The molecule has 0 fully saturated rings. The molecule has 1 aromatic rings. The Morgan fingerprint density at radius 2 is 2.60 bits per heavy atom. The monoisotopic (exact) mass is 138 g/mol. The highest BCUT2D eigenvalue weighted by Crippen LogP contribution is 2.16. The van der Waals surface area contributed by atoms with Crippen LogP contribution in [0.2, 0.25) is 0 Å². The number of ether oxygens (including phenoxy) is 1. The van der Waals surface area contributed by atoms with Crippen LogP contribution in [0.15, 0.2) is 6.20 Å². The van der Waals surface area contributed by atoms with Crippen LogP contribution in [0.4, 0.5) is 0 Å². The van der Waals surface area contributed by atoms with E-state index in [1.54, 1.807) is 0 Å². The first-order valence-corrected chi connectivity index (χ1v) is 3.53. The van der Waals surface area contributed by atoms with Crippen molar-refractivity contribution in [2.75, 3.05) is 6.61 Å². The molecular formula is C7H10N2O. The summed E-state index contributed by atoms with van der Waals surface area (Å²) in [5.41, 5.74) is 1.19. The maximum Gasteiger partial charge on any atom is 0.296 e. The molecule has 0 amide bonds. The van der Waals surface area contributed by atoms with Gasteiger partial charge in [0.1, 0.15) is 0 Å². The summed E-state index contributed by atoms with van der Waals surface area (Å²) >= 11 is 0. The molecule has 0 spiro atoms. The number of fused-ring (bicyclic) bond motifs is 1. The number of hydrogen-bond acceptors (Lipinski definition) is 2. The van der Waals surface area contributed by atoms with Gasteiger partial charge in [-0.2, -0.15) is 0 Å². The number of rotatable bonds is 0. The number of nitrogens with zero attached hydrogens (tertiary/aromatic N) is 2. The van der Waals surface area contributed by atoms with Gasteiger partial charge in [-0.15, -0.1) is 0 Å². The van der Waals surface area contributed by atoms with E-state index in [9.17, 15) is 0 Å². The van der Waals surface area contributed by atoms with Crippen molar-refractivity contribution in [1.82, 2.24) is 9.55 Å². The quantitative estimate of drug-likeness (QED) is 0.534. The molecule has 1 aliphatic rings. The summed E-state index contributed by atoms with van der Waals surface area (Å²) in [6, 6.07) is 0.781. The number of imidazole rings is 1. The highest BCUT2D eigenvalue weighted by Gasteiger charge is 2.11. The van der Waals surface area contributed by atoms with Crippen molar-refractivity contribution >= 4 is 0 Å². The van der Waals surface area contributed by atoms with Gasteiger partial charge in [-0.25, -0.2) is 4.98 Å². The van der Waals surface area contributed by atoms with Gasteiger partial charge in [0, 0.05) is 12.2 Å². The zero-order valence-corrected chi connectivity index (χ0v) is 6.00. The summed E-state index contributed by atoms with van der Waals surface area (Å²) in [5, 5.41) is 0. The molecule has 3 heteroatoms. The lowest BCUT2D eigenvalue weighted by atomic mass is 10.4. The molecule has 0 unspecified atom stereocenters. The Balaban J connectivity index is 2.45.